The molecule has 0 radical (unpaired) electrons. The van der Waals surface area contributed by atoms with Gasteiger partial charge in [-0.1, -0.05) is 23.5 Å². The molecule has 0 heterocycles. The molecule has 0 bridgehead atoms. The molecule has 0 atom stereocenters. The third-order valence-electron chi connectivity index (χ3n) is 0.659. The molecule has 48 valence electrons. The summed E-state index contributed by atoms with van der Waals surface area (Å²) in [4.78, 5) is 0. The first kappa shape index (κ1) is 8.82. The van der Waals surface area contributed by atoms with Crippen molar-refractivity contribution in [2.75, 3.05) is 11.5 Å². The van der Waals surface area contributed by atoms with Gasteiger partial charge in [-0.25, -0.2) is 0 Å². The second kappa shape index (κ2) is 7.82. The summed E-state index contributed by atoms with van der Waals surface area (Å²) in [6, 6.07) is 0. The molecule has 0 amide bonds. The predicted octanol–water partition coefficient (Wildman–Crippen LogP) is 2.02. The largest absolute Gasteiger partial charge is 0.108 e. The molecule has 0 N–H and O–H groups in total. The molecule has 0 saturated carbocycles. The van der Waals surface area contributed by atoms with Crippen LogP contribution in [0.15, 0.2) is 0 Å². The van der Waals surface area contributed by atoms with Gasteiger partial charge in [-0.05, 0) is 16.9 Å². The fourth-order valence-electron chi connectivity index (χ4n) is 0.321. The van der Waals surface area contributed by atoms with E-state index < -0.39 is 0 Å². The zero-order valence-electron chi connectivity index (χ0n) is 5.09. The smallest absolute Gasteiger partial charge is 0.00648 e. The zero-order valence-corrected chi connectivity index (χ0v) is 6.73. The Balaban J connectivity index is 2.79. The minimum absolute atomic E-state index is 1.02. The lowest BCUT2D eigenvalue weighted by Gasteiger charge is -1.89. The predicted molar refractivity (Wildman–Crippen MR) is 47.2 cm³/mol. The molecule has 0 aromatic carbocycles. The third kappa shape index (κ3) is 7.82. The van der Waals surface area contributed by atoms with Crippen LogP contribution >= 0.6 is 23.5 Å². The topological polar surface area (TPSA) is 0 Å². The molecule has 0 aromatic rings. The molecular weight excluding hydrogens is 148 g/mol. The van der Waals surface area contributed by atoms with Gasteiger partial charge in [0, 0.05) is 11.5 Å². The van der Waals surface area contributed by atoms with Crippen LogP contribution in [0.1, 0.15) is 6.42 Å². The number of hydrogen-bond donors (Lipinski definition) is 0. The zero-order chi connectivity index (χ0) is 6.95. The Morgan fingerprint density at radius 1 is 1.00 bits per heavy atom. The molecule has 0 aliphatic rings. The number of thioether (sulfide) groups is 2. The van der Waals surface area contributed by atoms with E-state index >= 15 is 0 Å². The van der Waals surface area contributed by atoms with Crippen molar-refractivity contribution in [3.8, 4) is 23.4 Å². The van der Waals surface area contributed by atoms with Gasteiger partial charge in [-0.3, -0.25) is 0 Å². The highest BCUT2D eigenvalue weighted by molar-refractivity contribution is 8.04. The third-order valence-corrected chi connectivity index (χ3v) is 1.98. The van der Waals surface area contributed by atoms with E-state index in [0.717, 1.165) is 17.9 Å². The summed E-state index contributed by atoms with van der Waals surface area (Å²) >= 11 is 3.01. The molecule has 0 aliphatic carbocycles. The Morgan fingerprint density at radius 2 is 1.44 bits per heavy atom. The van der Waals surface area contributed by atoms with Crippen LogP contribution in [0.3, 0.4) is 0 Å². The summed E-state index contributed by atoms with van der Waals surface area (Å²) < 4.78 is 0. The highest BCUT2D eigenvalue weighted by atomic mass is 32.2. The molecule has 0 aromatic heterocycles. The van der Waals surface area contributed by atoms with Crippen LogP contribution in [0.4, 0.5) is 0 Å². The normalized spacial score (nSPS) is 7.78. The van der Waals surface area contributed by atoms with E-state index in [-0.39, 0.29) is 0 Å². The Morgan fingerprint density at radius 3 is 1.78 bits per heavy atom. The van der Waals surface area contributed by atoms with E-state index in [2.05, 4.69) is 10.5 Å². The highest BCUT2D eigenvalue weighted by Crippen LogP contribution is 2.04. The van der Waals surface area contributed by atoms with Gasteiger partial charge in [0.2, 0.25) is 0 Å². The van der Waals surface area contributed by atoms with Crippen molar-refractivity contribution in [1.29, 1.82) is 0 Å². The van der Waals surface area contributed by atoms with Gasteiger partial charge < -0.3 is 0 Å². The maximum Gasteiger partial charge on any atom is 0.00648 e. The lowest BCUT2D eigenvalue weighted by molar-refractivity contribution is 1.13. The first-order valence-corrected chi connectivity index (χ1v) is 4.53. The van der Waals surface area contributed by atoms with Crippen molar-refractivity contribution in [1.82, 2.24) is 0 Å². The molecule has 0 unspecified atom stereocenters. The van der Waals surface area contributed by atoms with E-state index in [4.69, 9.17) is 12.8 Å². The molecule has 0 rings (SSSR count). The van der Waals surface area contributed by atoms with Crippen LogP contribution in [-0.2, 0) is 0 Å². The molecule has 0 saturated heterocycles. The molecule has 2 heteroatoms. The van der Waals surface area contributed by atoms with Crippen molar-refractivity contribution in [2.45, 2.75) is 6.42 Å². The summed E-state index contributed by atoms with van der Waals surface area (Å²) in [7, 11) is 0. The summed E-state index contributed by atoms with van der Waals surface area (Å²) in [6.45, 7) is 0. The van der Waals surface area contributed by atoms with E-state index in [0.29, 0.717) is 0 Å². The minimum Gasteiger partial charge on any atom is -0.108 e. The second-order valence-corrected chi connectivity index (χ2v) is 3.15. The van der Waals surface area contributed by atoms with Crippen molar-refractivity contribution >= 4 is 23.5 Å². The minimum atomic E-state index is 1.02. The summed E-state index contributed by atoms with van der Waals surface area (Å²) in [5.74, 6) is 2.04. The average Bonchev–Trinajstić information content (AvgIpc) is 1.89. The number of terminal acetylenes is 2. The van der Waals surface area contributed by atoms with Crippen LogP contribution in [0.2, 0.25) is 0 Å². The standard InChI is InChI=1S/C7H8S2/c1-3-8-6-5-7-9-4-2/h1-2H,5-7H2. The lowest BCUT2D eigenvalue weighted by atomic mass is 10.6. The fraction of sp³-hybridized carbons (Fsp3) is 0.429. The average molecular weight is 156 g/mol. The van der Waals surface area contributed by atoms with Crippen LogP contribution in [0, 0.1) is 23.4 Å². The summed E-state index contributed by atoms with van der Waals surface area (Å²) in [6.07, 6.45) is 11.1. The summed E-state index contributed by atoms with van der Waals surface area (Å²) in [5.41, 5.74) is 0. The molecular formula is C7H8S2. The molecule has 0 aliphatic heterocycles. The maximum absolute atomic E-state index is 5.01. The van der Waals surface area contributed by atoms with E-state index in [9.17, 15) is 0 Å². The maximum atomic E-state index is 5.01. The van der Waals surface area contributed by atoms with Crippen LogP contribution in [0.25, 0.3) is 0 Å². The van der Waals surface area contributed by atoms with Gasteiger partial charge in [-0.2, -0.15) is 0 Å². The number of hydrogen-bond acceptors (Lipinski definition) is 2. The van der Waals surface area contributed by atoms with Crippen LogP contribution in [-0.4, -0.2) is 11.5 Å². The second-order valence-electron chi connectivity index (χ2n) is 1.29. The van der Waals surface area contributed by atoms with Crippen molar-refractivity contribution in [3.05, 3.63) is 0 Å². The quantitative estimate of drug-likeness (QED) is 0.451. The monoisotopic (exact) mass is 156 g/mol. The van der Waals surface area contributed by atoms with Gasteiger partial charge in [0.15, 0.2) is 0 Å². The first-order valence-electron chi connectivity index (χ1n) is 2.56. The van der Waals surface area contributed by atoms with Crippen LogP contribution < -0.4 is 0 Å². The fourth-order valence-corrected chi connectivity index (χ4v) is 1.32. The van der Waals surface area contributed by atoms with E-state index in [1.54, 1.807) is 0 Å². The summed E-state index contributed by atoms with van der Waals surface area (Å²) in [5, 5.41) is 5.00. The van der Waals surface area contributed by atoms with Crippen LogP contribution in [0.5, 0.6) is 0 Å². The van der Waals surface area contributed by atoms with Crippen molar-refractivity contribution in [2.24, 2.45) is 0 Å². The van der Waals surface area contributed by atoms with E-state index in [1.165, 1.54) is 23.5 Å². The SMILES string of the molecule is C#CSCCCSC#C. The molecule has 0 spiro atoms. The Hall–Kier alpha value is -0.180. The Bertz CT molecular complexity index is 111. The molecule has 0 fully saturated rings. The van der Waals surface area contributed by atoms with Crippen molar-refractivity contribution < 1.29 is 0 Å². The van der Waals surface area contributed by atoms with Gasteiger partial charge in [0.05, 0.1) is 0 Å². The molecule has 0 nitrogen and oxygen atoms in total. The van der Waals surface area contributed by atoms with Gasteiger partial charge in [0.1, 0.15) is 0 Å². The highest BCUT2D eigenvalue weighted by Gasteiger charge is 1.84. The molecule has 9 heavy (non-hydrogen) atoms. The van der Waals surface area contributed by atoms with Gasteiger partial charge in [-0.15, -0.1) is 12.8 Å². The Kier molecular flexibility index (Phi) is 7.66. The van der Waals surface area contributed by atoms with Crippen molar-refractivity contribution in [3.63, 3.8) is 0 Å². The van der Waals surface area contributed by atoms with E-state index in [1.807, 2.05) is 0 Å². The lowest BCUT2D eigenvalue weighted by Crippen LogP contribution is -1.79. The van der Waals surface area contributed by atoms with Gasteiger partial charge in [0.25, 0.3) is 0 Å². The Labute approximate surface area is 65.2 Å². The van der Waals surface area contributed by atoms with Gasteiger partial charge >= 0.3 is 0 Å². The number of rotatable bonds is 4. The first-order chi connectivity index (χ1) is 4.41.